The van der Waals surface area contributed by atoms with Gasteiger partial charge in [0.1, 0.15) is 11.6 Å². The molecular formula is C30H36N6O. The summed E-state index contributed by atoms with van der Waals surface area (Å²) in [5, 5.41) is 5.83. The number of anilines is 1. The number of piperazine rings is 1. The molecule has 0 N–H and O–H groups in total. The summed E-state index contributed by atoms with van der Waals surface area (Å²) >= 11 is 0. The molecule has 5 rings (SSSR count). The van der Waals surface area contributed by atoms with Gasteiger partial charge in [-0.2, -0.15) is 5.10 Å². The average Bonchev–Trinajstić information content (AvgIpc) is 3.24. The minimum absolute atomic E-state index is 0.0686. The van der Waals surface area contributed by atoms with Crippen LogP contribution in [0.1, 0.15) is 61.6 Å². The molecule has 1 aliphatic heterocycles. The number of nitrogens with zero attached hydrogens (tertiary/aromatic N) is 6. The van der Waals surface area contributed by atoms with E-state index in [1.807, 2.05) is 59.0 Å². The van der Waals surface area contributed by atoms with E-state index in [4.69, 9.17) is 15.1 Å². The van der Waals surface area contributed by atoms with Gasteiger partial charge in [-0.1, -0.05) is 58.0 Å². The summed E-state index contributed by atoms with van der Waals surface area (Å²) in [5.74, 6) is 1.85. The van der Waals surface area contributed by atoms with Gasteiger partial charge in [0.25, 0.3) is 5.91 Å². The standard InChI is InChI=1S/C30H36N6O/c1-6-10-25-31-27(26-21(2)33-36(28(26)32-25)24-11-8-7-9-12-24)34-17-19-35(20-18-34)29(37)22-13-15-23(16-14-22)30(3,4)5/h7-9,11-16H,6,10,17-20H2,1-5H3. The highest BCUT2D eigenvalue weighted by molar-refractivity contribution is 5.95. The topological polar surface area (TPSA) is 67.2 Å². The molecule has 0 saturated carbocycles. The summed E-state index contributed by atoms with van der Waals surface area (Å²) in [6.45, 7) is 13.5. The van der Waals surface area contributed by atoms with Gasteiger partial charge in [0, 0.05) is 38.2 Å². The Kier molecular flexibility index (Phi) is 6.71. The number of carbonyl (C=O) groups excluding carboxylic acids is 1. The van der Waals surface area contributed by atoms with Crippen molar-refractivity contribution in [3.63, 3.8) is 0 Å². The summed E-state index contributed by atoms with van der Waals surface area (Å²) in [6.07, 6.45) is 1.78. The van der Waals surface area contributed by atoms with Crippen LogP contribution in [0, 0.1) is 6.92 Å². The van der Waals surface area contributed by atoms with Crippen molar-refractivity contribution in [3.8, 4) is 5.69 Å². The fourth-order valence-corrected chi connectivity index (χ4v) is 4.94. The quantitative estimate of drug-likeness (QED) is 0.373. The Bertz CT molecular complexity index is 1390. The van der Waals surface area contributed by atoms with Gasteiger partial charge in [-0.05, 0) is 48.6 Å². The van der Waals surface area contributed by atoms with Crippen molar-refractivity contribution >= 4 is 22.8 Å². The lowest BCUT2D eigenvalue weighted by atomic mass is 9.86. The van der Waals surface area contributed by atoms with Crippen LogP contribution in [0.25, 0.3) is 16.7 Å². The summed E-state index contributed by atoms with van der Waals surface area (Å²) in [5.41, 5.74) is 4.79. The minimum atomic E-state index is 0.0686. The molecule has 37 heavy (non-hydrogen) atoms. The van der Waals surface area contributed by atoms with Crippen molar-refractivity contribution in [3.05, 3.63) is 77.2 Å². The zero-order valence-corrected chi connectivity index (χ0v) is 22.5. The summed E-state index contributed by atoms with van der Waals surface area (Å²) < 4.78 is 1.93. The summed E-state index contributed by atoms with van der Waals surface area (Å²) in [7, 11) is 0. The van der Waals surface area contributed by atoms with E-state index in [2.05, 4.69) is 44.7 Å². The molecular weight excluding hydrogens is 460 g/mol. The van der Waals surface area contributed by atoms with Crippen molar-refractivity contribution < 1.29 is 4.79 Å². The van der Waals surface area contributed by atoms with Crippen molar-refractivity contribution in [1.82, 2.24) is 24.6 Å². The predicted octanol–water partition coefficient (Wildman–Crippen LogP) is 5.34. The number of amides is 1. The van der Waals surface area contributed by atoms with Gasteiger partial charge in [0.2, 0.25) is 0 Å². The van der Waals surface area contributed by atoms with Gasteiger partial charge in [-0.15, -0.1) is 0 Å². The van der Waals surface area contributed by atoms with E-state index >= 15 is 0 Å². The van der Waals surface area contributed by atoms with Crippen molar-refractivity contribution in [1.29, 1.82) is 0 Å². The Hall–Kier alpha value is -3.74. The Morgan fingerprint density at radius 2 is 1.59 bits per heavy atom. The third-order valence-corrected chi connectivity index (χ3v) is 7.07. The molecule has 192 valence electrons. The highest BCUT2D eigenvalue weighted by Crippen LogP contribution is 2.30. The first-order valence-electron chi connectivity index (χ1n) is 13.2. The van der Waals surface area contributed by atoms with E-state index < -0.39 is 0 Å². The number of rotatable bonds is 5. The number of para-hydroxylation sites is 1. The Morgan fingerprint density at radius 1 is 0.919 bits per heavy atom. The maximum atomic E-state index is 13.2. The Morgan fingerprint density at radius 3 is 2.22 bits per heavy atom. The van der Waals surface area contributed by atoms with Crippen LogP contribution >= 0.6 is 0 Å². The van der Waals surface area contributed by atoms with Crippen LogP contribution in [0.5, 0.6) is 0 Å². The second-order valence-corrected chi connectivity index (χ2v) is 10.9. The van der Waals surface area contributed by atoms with E-state index in [0.29, 0.717) is 13.1 Å². The highest BCUT2D eigenvalue weighted by atomic mass is 16.2. The predicted molar refractivity (Wildman–Crippen MR) is 149 cm³/mol. The Labute approximate surface area is 219 Å². The molecule has 2 aromatic carbocycles. The van der Waals surface area contributed by atoms with E-state index in [9.17, 15) is 4.79 Å². The van der Waals surface area contributed by atoms with Crippen molar-refractivity contribution in [2.45, 2.75) is 52.9 Å². The molecule has 0 radical (unpaired) electrons. The first-order valence-corrected chi connectivity index (χ1v) is 13.2. The van der Waals surface area contributed by atoms with Gasteiger partial charge >= 0.3 is 0 Å². The van der Waals surface area contributed by atoms with Crippen LogP contribution in [0.15, 0.2) is 54.6 Å². The molecule has 1 fully saturated rings. The number of aromatic nitrogens is 4. The van der Waals surface area contributed by atoms with Gasteiger partial charge in [0.15, 0.2) is 5.65 Å². The molecule has 1 aliphatic rings. The van der Waals surface area contributed by atoms with E-state index in [-0.39, 0.29) is 11.3 Å². The van der Waals surface area contributed by atoms with Crippen LogP contribution in [0.4, 0.5) is 5.82 Å². The third-order valence-electron chi connectivity index (χ3n) is 7.07. The number of carbonyl (C=O) groups is 1. The van der Waals surface area contributed by atoms with Crippen LogP contribution in [-0.2, 0) is 11.8 Å². The molecule has 3 heterocycles. The third kappa shape index (κ3) is 4.95. The number of aryl methyl sites for hydroxylation is 2. The number of hydrogen-bond acceptors (Lipinski definition) is 5. The first-order chi connectivity index (χ1) is 17.8. The largest absolute Gasteiger partial charge is 0.352 e. The molecule has 0 unspecified atom stereocenters. The average molecular weight is 497 g/mol. The number of benzene rings is 2. The molecule has 0 atom stereocenters. The van der Waals surface area contributed by atoms with Crippen molar-refractivity contribution in [2.24, 2.45) is 0 Å². The molecule has 0 aliphatic carbocycles. The zero-order chi connectivity index (χ0) is 26.2. The molecule has 1 saturated heterocycles. The van der Waals surface area contributed by atoms with Gasteiger partial charge in [-0.25, -0.2) is 14.6 Å². The minimum Gasteiger partial charge on any atom is -0.352 e. The molecule has 2 aromatic heterocycles. The van der Waals surface area contributed by atoms with E-state index in [0.717, 1.165) is 65.6 Å². The molecule has 4 aromatic rings. The van der Waals surface area contributed by atoms with Crippen molar-refractivity contribution in [2.75, 3.05) is 31.1 Å². The fourth-order valence-electron chi connectivity index (χ4n) is 4.94. The molecule has 0 spiro atoms. The molecule has 7 nitrogen and oxygen atoms in total. The van der Waals surface area contributed by atoms with Crippen LogP contribution in [-0.4, -0.2) is 56.7 Å². The molecule has 7 heteroatoms. The van der Waals surface area contributed by atoms with E-state index in [1.54, 1.807) is 0 Å². The van der Waals surface area contributed by atoms with Crippen LogP contribution < -0.4 is 4.90 Å². The van der Waals surface area contributed by atoms with Gasteiger partial charge in [0.05, 0.1) is 16.8 Å². The summed E-state index contributed by atoms with van der Waals surface area (Å²) in [4.78, 5) is 27.4. The fraction of sp³-hybridized carbons (Fsp3) is 0.400. The smallest absolute Gasteiger partial charge is 0.253 e. The van der Waals surface area contributed by atoms with E-state index in [1.165, 1.54) is 5.56 Å². The van der Waals surface area contributed by atoms with Gasteiger partial charge < -0.3 is 9.80 Å². The second kappa shape index (κ2) is 9.96. The lowest BCUT2D eigenvalue weighted by molar-refractivity contribution is 0.0746. The summed E-state index contributed by atoms with van der Waals surface area (Å²) in [6, 6.07) is 18.2. The molecule has 1 amide bonds. The maximum Gasteiger partial charge on any atom is 0.253 e. The number of hydrogen-bond donors (Lipinski definition) is 0. The first kappa shape index (κ1) is 24.9. The lowest BCUT2D eigenvalue weighted by Gasteiger charge is -2.36. The Balaban J connectivity index is 1.41. The highest BCUT2D eigenvalue weighted by Gasteiger charge is 2.27. The number of fused-ring (bicyclic) bond motifs is 1. The van der Waals surface area contributed by atoms with Crippen LogP contribution in [0.2, 0.25) is 0 Å². The van der Waals surface area contributed by atoms with Gasteiger partial charge in [-0.3, -0.25) is 4.79 Å². The van der Waals surface area contributed by atoms with Crippen LogP contribution in [0.3, 0.4) is 0 Å². The second-order valence-electron chi connectivity index (χ2n) is 10.9. The SMILES string of the molecule is CCCc1nc(N2CCN(C(=O)c3ccc(C(C)(C)C)cc3)CC2)c2c(C)nn(-c3ccccc3)c2n1. The molecule has 0 bridgehead atoms. The lowest BCUT2D eigenvalue weighted by Crippen LogP contribution is -2.49. The maximum absolute atomic E-state index is 13.2. The normalized spacial score (nSPS) is 14.4. The monoisotopic (exact) mass is 496 g/mol. The zero-order valence-electron chi connectivity index (χ0n) is 22.5.